The lowest BCUT2D eigenvalue weighted by atomic mass is 10.0. The Hall–Kier alpha value is -2.66. The number of benzene rings is 1. The third-order valence-corrected chi connectivity index (χ3v) is 4.73. The number of nitrogens with one attached hydrogen (secondary N) is 1. The Morgan fingerprint density at radius 2 is 1.84 bits per heavy atom. The Labute approximate surface area is 147 Å². The summed E-state index contributed by atoms with van der Waals surface area (Å²) in [5.74, 6) is 0.0464. The summed E-state index contributed by atoms with van der Waals surface area (Å²) < 4.78 is 1.97. The molecule has 0 aliphatic carbocycles. The molecule has 0 saturated carbocycles. The lowest BCUT2D eigenvalue weighted by molar-refractivity contribution is -0.126. The molecule has 25 heavy (non-hydrogen) atoms. The van der Waals surface area contributed by atoms with E-state index < -0.39 is 0 Å². The van der Waals surface area contributed by atoms with Crippen LogP contribution < -0.4 is 5.32 Å². The predicted octanol–water partition coefficient (Wildman–Crippen LogP) is 2.79. The van der Waals surface area contributed by atoms with Gasteiger partial charge in [0.1, 0.15) is 11.7 Å². The molecule has 2 aromatic heterocycles. The molecule has 1 N–H and O–H groups in total. The molecule has 0 radical (unpaired) electrons. The number of amides is 1. The number of aromatic nitrogens is 2. The molecule has 5 nitrogen and oxygen atoms in total. The maximum atomic E-state index is 12.9. The minimum atomic E-state index is -0.222. The molecule has 1 unspecified atom stereocenters. The third-order valence-electron chi connectivity index (χ3n) is 4.73. The Kier molecular flexibility index (Phi) is 4.48. The number of carbonyl (C=O) groups is 1. The topological polar surface area (TPSA) is 49.6 Å². The van der Waals surface area contributed by atoms with E-state index in [4.69, 9.17) is 0 Å². The summed E-state index contributed by atoms with van der Waals surface area (Å²) in [6.07, 6.45) is 6.24. The molecule has 5 heteroatoms. The van der Waals surface area contributed by atoms with Crippen molar-refractivity contribution in [3.8, 4) is 0 Å². The second kappa shape index (κ2) is 7.07. The number of hydrogen-bond donors (Lipinski definition) is 1. The number of likely N-dealkylation sites (tertiary alicyclic amines) is 1. The lowest BCUT2D eigenvalue weighted by Crippen LogP contribution is -2.39. The number of fused-ring (bicyclic) bond motifs is 1. The van der Waals surface area contributed by atoms with E-state index in [2.05, 4.69) is 15.2 Å². The van der Waals surface area contributed by atoms with Gasteiger partial charge in [0, 0.05) is 12.4 Å². The standard InChI is InChI=1S/C20H22N4O/c25-20(21-14-17-15-24-13-5-4-10-18(24)22-17)19(23-11-6-7-12-23)16-8-2-1-3-9-16/h1-5,8-10,13,15,19H,6-7,11-12,14H2,(H,21,25). The van der Waals surface area contributed by atoms with E-state index in [1.807, 2.05) is 65.3 Å². The molecule has 1 aromatic carbocycles. The summed E-state index contributed by atoms with van der Waals surface area (Å²) in [6.45, 7) is 2.39. The number of carbonyl (C=O) groups excluding carboxylic acids is 1. The minimum absolute atomic E-state index is 0.0464. The van der Waals surface area contributed by atoms with Gasteiger partial charge in [-0.3, -0.25) is 9.69 Å². The van der Waals surface area contributed by atoms with Gasteiger partial charge in [-0.25, -0.2) is 4.98 Å². The normalized spacial score (nSPS) is 16.2. The fourth-order valence-electron chi connectivity index (χ4n) is 3.51. The van der Waals surface area contributed by atoms with Crippen molar-refractivity contribution in [2.75, 3.05) is 13.1 Å². The van der Waals surface area contributed by atoms with E-state index >= 15 is 0 Å². The average molecular weight is 334 g/mol. The molecule has 1 amide bonds. The van der Waals surface area contributed by atoms with Crippen molar-refractivity contribution in [2.45, 2.75) is 25.4 Å². The second-order valence-corrected chi connectivity index (χ2v) is 6.47. The molecule has 0 bridgehead atoms. The zero-order valence-electron chi connectivity index (χ0n) is 14.1. The van der Waals surface area contributed by atoms with Crippen LogP contribution in [0.3, 0.4) is 0 Å². The van der Waals surface area contributed by atoms with Crippen LogP contribution in [0.2, 0.25) is 0 Å². The molecular weight excluding hydrogens is 312 g/mol. The highest BCUT2D eigenvalue weighted by atomic mass is 16.2. The zero-order valence-corrected chi connectivity index (χ0v) is 14.1. The molecular formula is C20H22N4O. The Bertz CT molecular complexity index is 819. The molecule has 4 rings (SSSR count). The molecule has 1 aliphatic rings. The van der Waals surface area contributed by atoms with E-state index in [9.17, 15) is 4.79 Å². The third kappa shape index (κ3) is 3.42. The quantitative estimate of drug-likeness (QED) is 0.780. The Morgan fingerprint density at radius 1 is 1.08 bits per heavy atom. The van der Waals surface area contributed by atoms with Crippen LogP contribution in [0.5, 0.6) is 0 Å². The van der Waals surface area contributed by atoms with Crippen LogP contribution in [0.1, 0.15) is 30.1 Å². The fraction of sp³-hybridized carbons (Fsp3) is 0.300. The number of pyridine rings is 1. The summed E-state index contributed by atoms with van der Waals surface area (Å²) in [5.41, 5.74) is 2.82. The maximum Gasteiger partial charge on any atom is 0.242 e. The monoisotopic (exact) mass is 334 g/mol. The lowest BCUT2D eigenvalue weighted by Gasteiger charge is -2.26. The van der Waals surface area contributed by atoms with Crippen LogP contribution in [-0.4, -0.2) is 33.3 Å². The Balaban J connectivity index is 1.50. The number of nitrogens with zero attached hydrogens (tertiary/aromatic N) is 3. The van der Waals surface area contributed by atoms with E-state index in [-0.39, 0.29) is 11.9 Å². The van der Waals surface area contributed by atoms with Gasteiger partial charge in [-0.2, -0.15) is 0 Å². The Morgan fingerprint density at radius 3 is 2.60 bits per heavy atom. The van der Waals surface area contributed by atoms with E-state index in [1.54, 1.807) is 0 Å². The van der Waals surface area contributed by atoms with Gasteiger partial charge in [-0.05, 0) is 43.6 Å². The van der Waals surface area contributed by atoms with Gasteiger partial charge < -0.3 is 9.72 Å². The van der Waals surface area contributed by atoms with E-state index in [0.717, 1.165) is 42.8 Å². The summed E-state index contributed by atoms with van der Waals surface area (Å²) in [6, 6.07) is 15.7. The van der Waals surface area contributed by atoms with Crippen molar-refractivity contribution < 1.29 is 4.79 Å². The molecule has 1 fully saturated rings. The summed E-state index contributed by atoms with van der Waals surface area (Å²) in [7, 11) is 0. The predicted molar refractivity (Wildman–Crippen MR) is 97.0 cm³/mol. The zero-order chi connectivity index (χ0) is 17.1. The average Bonchev–Trinajstić information content (AvgIpc) is 3.30. The van der Waals surface area contributed by atoms with Crippen molar-refractivity contribution in [3.05, 3.63) is 72.2 Å². The van der Waals surface area contributed by atoms with E-state index in [0.29, 0.717) is 6.54 Å². The fourth-order valence-corrected chi connectivity index (χ4v) is 3.51. The molecule has 1 saturated heterocycles. The van der Waals surface area contributed by atoms with Crippen molar-refractivity contribution in [1.82, 2.24) is 19.6 Å². The number of hydrogen-bond acceptors (Lipinski definition) is 3. The molecule has 128 valence electrons. The highest BCUT2D eigenvalue weighted by Gasteiger charge is 2.29. The summed E-state index contributed by atoms with van der Waals surface area (Å²) in [5, 5.41) is 3.08. The van der Waals surface area contributed by atoms with Crippen molar-refractivity contribution in [2.24, 2.45) is 0 Å². The first-order chi connectivity index (χ1) is 12.3. The first-order valence-electron chi connectivity index (χ1n) is 8.80. The highest BCUT2D eigenvalue weighted by Crippen LogP contribution is 2.25. The van der Waals surface area contributed by atoms with Gasteiger partial charge in [0.2, 0.25) is 5.91 Å². The van der Waals surface area contributed by atoms with E-state index in [1.165, 1.54) is 0 Å². The van der Waals surface area contributed by atoms with Gasteiger partial charge >= 0.3 is 0 Å². The van der Waals surface area contributed by atoms with Crippen LogP contribution in [0.15, 0.2) is 60.9 Å². The van der Waals surface area contributed by atoms with Gasteiger partial charge in [0.25, 0.3) is 0 Å². The van der Waals surface area contributed by atoms with Crippen LogP contribution in [0.4, 0.5) is 0 Å². The van der Waals surface area contributed by atoms with Gasteiger partial charge in [0.15, 0.2) is 0 Å². The summed E-state index contributed by atoms with van der Waals surface area (Å²) in [4.78, 5) is 19.8. The van der Waals surface area contributed by atoms with Crippen molar-refractivity contribution in [3.63, 3.8) is 0 Å². The van der Waals surface area contributed by atoms with Crippen molar-refractivity contribution in [1.29, 1.82) is 0 Å². The smallest absolute Gasteiger partial charge is 0.242 e. The van der Waals surface area contributed by atoms with Crippen LogP contribution in [-0.2, 0) is 11.3 Å². The number of rotatable bonds is 5. The molecule has 0 spiro atoms. The number of imidazole rings is 1. The molecule has 3 heterocycles. The largest absolute Gasteiger partial charge is 0.349 e. The first kappa shape index (κ1) is 15.8. The van der Waals surface area contributed by atoms with Gasteiger partial charge in [0.05, 0.1) is 12.2 Å². The van der Waals surface area contributed by atoms with Crippen LogP contribution in [0, 0.1) is 0 Å². The van der Waals surface area contributed by atoms with Crippen LogP contribution in [0.25, 0.3) is 5.65 Å². The van der Waals surface area contributed by atoms with Crippen LogP contribution >= 0.6 is 0 Å². The summed E-state index contributed by atoms with van der Waals surface area (Å²) >= 11 is 0. The SMILES string of the molecule is O=C(NCc1cn2ccccc2n1)C(c1ccccc1)N1CCCC1. The van der Waals surface area contributed by atoms with Gasteiger partial charge in [-0.15, -0.1) is 0 Å². The first-order valence-corrected chi connectivity index (χ1v) is 8.80. The maximum absolute atomic E-state index is 12.9. The van der Waals surface area contributed by atoms with Crippen molar-refractivity contribution >= 4 is 11.6 Å². The highest BCUT2D eigenvalue weighted by molar-refractivity contribution is 5.83. The van der Waals surface area contributed by atoms with Gasteiger partial charge in [-0.1, -0.05) is 36.4 Å². The second-order valence-electron chi connectivity index (χ2n) is 6.47. The molecule has 1 atom stereocenters. The molecule has 1 aliphatic heterocycles. The molecule has 3 aromatic rings. The minimum Gasteiger partial charge on any atom is -0.349 e.